The van der Waals surface area contributed by atoms with Gasteiger partial charge >= 0.3 is 6.09 Å². The number of halogens is 2. The van der Waals surface area contributed by atoms with Crippen molar-refractivity contribution in [3.8, 4) is 0 Å². The Hall–Kier alpha value is -2.70. The van der Waals surface area contributed by atoms with Crippen LogP contribution in [-0.2, 0) is 11.3 Å². The summed E-state index contributed by atoms with van der Waals surface area (Å²) in [6.45, 7) is 3.16. The average molecular weight is 445 g/mol. The fourth-order valence-electron chi connectivity index (χ4n) is 3.47. The zero-order valence-electron chi connectivity index (χ0n) is 16.3. The van der Waals surface area contributed by atoms with E-state index in [0.717, 1.165) is 24.3 Å². The zero-order chi connectivity index (χ0) is 20.9. The van der Waals surface area contributed by atoms with Crippen molar-refractivity contribution in [1.29, 1.82) is 0 Å². The van der Waals surface area contributed by atoms with Crippen LogP contribution < -0.4 is 4.90 Å². The molecular formula is C22H22Cl2N4O2. The molecule has 1 fully saturated rings. The van der Waals surface area contributed by atoms with Crippen LogP contribution in [0.15, 0.2) is 67.3 Å². The van der Waals surface area contributed by atoms with E-state index in [2.05, 4.69) is 9.88 Å². The molecule has 0 saturated carbocycles. The van der Waals surface area contributed by atoms with E-state index in [0.29, 0.717) is 29.7 Å². The minimum Gasteiger partial charge on any atom is -0.439 e. The highest BCUT2D eigenvalue weighted by atomic mass is 35.5. The normalized spacial score (nSPS) is 15.1. The van der Waals surface area contributed by atoms with E-state index in [4.69, 9.17) is 27.9 Å². The molecule has 1 aliphatic heterocycles. The first-order valence-corrected chi connectivity index (χ1v) is 10.5. The Morgan fingerprint density at radius 3 is 2.20 bits per heavy atom. The molecule has 0 bridgehead atoms. The fraction of sp³-hybridized carbons (Fsp3) is 0.273. The number of nitrogens with zero attached hydrogens (tertiary/aromatic N) is 4. The lowest BCUT2D eigenvalue weighted by atomic mass is 10.1. The number of carbonyl (C=O) groups excluding carboxylic acids is 1. The number of hydrogen-bond acceptors (Lipinski definition) is 4. The van der Waals surface area contributed by atoms with E-state index in [1.165, 1.54) is 0 Å². The monoisotopic (exact) mass is 444 g/mol. The van der Waals surface area contributed by atoms with Crippen LogP contribution in [0.4, 0.5) is 10.5 Å². The van der Waals surface area contributed by atoms with Crippen LogP contribution in [0.5, 0.6) is 0 Å². The maximum Gasteiger partial charge on any atom is 0.410 e. The number of hydrogen-bond donors (Lipinski definition) is 0. The van der Waals surface area contributed by atoms with Crippen LogP contribution in [0.25, 0.3) is 0 Å². The maximum atomic E-state index is 12.9. The summed E-state index contributed by atoms with van der Waals surface area (Å²) < 4.78 is 7.80. The second-order valence-electron chi connectivity index (χ2n) is 7.13. The van der Waals surface area contributed by atoms with Gasteiger partial charge in [-0.3, -0.25) is 0 Å². The molecule has 0 aliphatic carbocycles. The van der Waals surface area contributed by atoms with Gasteiger partial charge < -0.3 is 19.1 Å². The molecule has 156 valence electrons. The second-order valence-corrected chi connectivity index (χ2v) is 8.01. The number of amides is 1. The molecule has 30 heavy (non-hydrogen) atoms. The van der Waals surface area contributed by atoms with Crippen molar-refractivity contribution < 1.29 is 9.53 Å². The second kappa shape index (κ2) is 9.41. The van der Waals surface area contributed by atoms with Crippen molar-refractivity contribution in [2.75, 3.05) is 31.1 Å². The van der Waals surface area contributed by atoms with Crippen molar-refractivity contribution in [3.05, 3.63) is 82.9 Å². The molecule has 1 amide bonds. The SMILES string of the molecule is O=C(O[C@H](Cn1ccnc1)c1ccc(Cl)cc1)N1CCN(c2ccc(Cl)cc2)CC1. The summed E-state index contributed by atoms with van der Waals surface area (Å²) >= 11 is 12.0. The molecule has 1 aliphatic rings. The minimum atomic E-state index is -0.432. The summed E-state index contributed by atoms with van der Waals surface area (Å²) in [6.07, 6.45) is 4.52. The molecule has 2 aromatic carbocycles. The lowest BCUT2D eigenvalue weighted by Gasteiger charge is -2.36. The quantitative estimate of drug-likeness (QED) is 0.561. The molecule has 2 heterocycles. The van der Waals surface area contributed by atoms with Crippen LogP contribution in [0.1, 0.15) is 11.7 Å². The van der Waals surface area contributed by atoms with E-state index in [1.807, 2.05) is 47.2 Å². The standard InChI is InChI=1S/C22H22Cl2N4O2/c23-18-3-1-17(2-4-18)21(15-26-10-9-25-16-26)30-22(29)28-13-11-27(12-14-28)20-7-5-19(24)6-8-20/h1-10,16,21H,11-15H2/t21-/m1/s1. The molecule has 8 heteroatoms. The third kappa shape index (κ3) is 5.07. The largest absolute Gasteiger partial charge is 0.439 e. The number of rotatable bonds is 5. The number of piperazine rings is 1. The minimum absolute atomic E-state index is 0.314. The summed E-state index contributed by atoms with van der Waals surface area (Å²) in [5.74, 6) is 0. The highest BCUT2D eigenvalue weighted by Crippen LogP contribution is 2.24. The summed E-state index contributed by atoms with van der Waals surface area (Å²) in [5.41, 5.74) is 1.99. The van der Waals surface area contributed by atoms with Gasteiger partial charge in [0.2, 0.25) is 0 Å². The van der Waals surface area contributed by atoms with E-state index in [9.17, 15) is 4.79 Å². The fourth-order valence-corrected chi connectivity index (χ4v) is 3.72. The Kier molecular flexibility index (Phi) is 6.45. The predicted octanol–water partition coefficient (Wildman–Crippen LogP) is 4.89. The first-order chi connectivity index (χ1) is 14.6. The van der Waals surface area contributed by atoms with Gasteiger partial charge in [0.25, 0.3) is 0 Å². The van der Waals surface area contributed by atoms with Crippen LogP contribution >= 0.6 is 23.2 Å². The average Bonchev–Trinajstić information content (AvgIpc) is 3.28. The van der Waals surface area contributed by atoms with Gasteiger partial charge in [0.1, 0.15) is 6.10 Å². The summed E-state index contributed by atoms with van der Waals surface area (Å²) in [5, 5.41) is 1.36. The first-order valence-electron chi connectivity index (χ1n) is 9.76. The summed E-state index contributed by atoms with van der Waals surface area (Å²) in [7, 11) is 0. The molecule has 0 spiro atoms. The van der Waals surface area contributed by atoms with Gasteiger partial charge in [-0.05, 0) is 42.0 Å². The molecule has 0 radical (unpaired) electrons. The smallest absolute Gasteiger partial charge is 0.410 e. The van der Waals surface area contributed by atoms with Crippen LogP contribution in [0.3, 0.4) is 0 Å². The van der Waals surface area contributed by atoms with Gasteiger partial charge in [-0.25, -0.2) is 9.78 Å². The van der Waals surface area contributed by atoms with Gasteiger partial charge in [-0.15, -0.1) is 0 Å². The maximum absolute atomic E-state index is 12.9. The van der Waals surface area contributed by atoms with E-state index in [1.54, 1.807) is 29.6 Å². The number of ether oxygens (including phenoxy) is 1. The number of benzene rings is 2. The molecule has 0 unspecified atom stereocenters. The van der Waals surface area contributed by atoms with Crippen molar-refractivity contribution >= 4 is 35.0 Å². The summed E-state index contributed by atoms with van der Waals surface area (Å²) in [4.78, 5) is 20.9. The Balaban J connectivity index is 1.40. The van der Waals surface area contributed by atoms with E-state index in [-0.39, 0.29) is 6.09 Å². The third-order valence-corrected chi connectivity index (χ3v) is 5.65. The highest BCUT2D eigenvalue weighted by molar-refractivity contribution is 6.30. The molecule has 0 N–H and O–H groups in total. The van der Waals surface area contributed by atoms with Crippen molar-refractivity contribution in [2.45, 2.75) is 12.6 Å². The third-order valence-electron chi connectivity index (χ3n) is 5.15. The number of aromatic nitrogens is 2. The number of imidazole rings is 1. The highest BCUT2D eigenvalue weighted by Gasteiger charge is 2.26. The van der Waals surface area contributed by atoms with E-state index < -0.39 is 6.10 Å². The van der Waals surface area contributed by atoms with Crippen LogP contribution in [0.2, 0.25) is 10.0 Å². The lowest BCUT2D eigenvalue weighted by molar-refractivity contribution is 0.0530. The molecule has 6 nitrogen and oxygen atoms in total. The first kappa shape index (κ1) is 20.6. The van der Waals surface area contributed by atoms with Crippen LogP contribution in [0, 0.1) is 0 Å². The zero-order valence-corrected chi connectivity index (χ0v) is 17.8. The van der Waals surface area contributed by atoms with Gasteiger partial charge in [0, 0.05) is 54.3 Å². The van der Waals surface area contributed by atoms with Gasteiger partial charge in [-0.1, -0.05) is 35.3 Å². The molecule has 3 aromatic rings. The number of carbonyl (C=O) groups is 1. The molecular weight excluding hydrogens is 423 g/mol. The van der Waals surface area contributed by atoms with E-state index >= 15 is 0 Å². The Labute approximate surface area is 185 Å². The molecule has 1 aromatic heterocycles. The van der Waals surface area contributed by atoms with Gasteiger partial charge in [0.15, 0.2) is 0 Å². The van der Waals surface area contributed by atoms with Gasteiger partial charge in [0.05, 0.1) is 12.9 Å². The van der Waals surface area contributed by atoms with Crippen molar-refractivity contribution in [3.63, 3.8) is 0 Å². The van der Waals surface area contributed by atoms with Gasteiger partial charge in [-0.2, -0.15) is 0 Å². The number of anilines is 1. The summed E-state index contributed by atoms with van der Waals surface area (Å²) in [6, 6.07) is 15.1. The van der Waals surface area contributed by atoms with Crippen molar-refractivity contribution in [1.82, 2.24) is 14.5 Å². The Morgan fingerprint density at radius 1 is 0.967 bits per heavy atom. The van der Waals surface area contributed by atoms with Crippen LogP contribution in [-0.4, -0.2) is 46.7 Å². The lowest BCUT2D eigenvalue weighted by Crippen LogP contribution is -2.49. The molecule has 1 saturated heterocycles. The predicted molar refractivity (Wildman–Crippen MR) is 118 cm³/mol. The Morgan fingerprint density at radius 2 is 1.60 bits per heavy atom. The molecule has 4 rings (SSSR count). The van der Waals surface area contributed by atoms with Crippen molar-refractivity contribution in [2.24, 2.45) is 0 Å². The topological polar surface area (TPSA) is 50.6 Å². The molecule has 1 atom stereocenters. The Bertz CT molecular complexity index is 954.